The van der Waals surface area contributed by atoms with Gasteiger partial charge in [0.2, 0.25) is 0 Å². The molecule has 1 aromatic heterocycles. The van der Waals surface area contributed by atoms with E-state index in [1.54, 1.807) is 6.92 Å². The van der Waals surface area contributed by atoms with Gasteiger partial charge in [-0.15, -0.1) is 0 Å². The summed E-state index contributed by atoms with van der Waals surface area (Å²) >= 11 is 0. The molecule has 3 nitrogen and oxygen atoms in total. The largest absolute Gasteiger partial charge is 0.463 e. The molecule has 0 aliphatic rings. The first-order chi connectivity index (χ1) is 8.20. The van der Waals surface area contributed by atoms with Gasteiger partial charge in [-0.25, -0.2) is 4.79 Å². The first-order valence-corrected chi connectivity index (χ1v) is 5.62. The van der Waals surface area contributed by atoms with Gasteiger partial charge in [-0.1, -0.05) is 24.8 Å². The number of rotatable bonds is 4. The fraction of sp³-hybridized carbons (Fsp3) is 0.214. The Balaban J connectivity index is 2.13. The summed E-state index contributed by atoms with van der Waals surface area (Å²) in [6.07, 6.45) is 0.494. The number of carbonyl (C=O) groups is 1. The molecule has 0 atom stereocenters. The smallest absolute Gasteiger partial charge is 0.333 e. The summed E-state index contributed by atoms with van der Waals surface area (Å²) in [5.74, 6) is -0.328. The molecule has 0 fully saturated rings. The van der Waals surface area contributed by atoms with Crippen molar-refractivity contribution < 1.29 is 9.53 Å². The highest BCUT2D eigenvalue weighted by atomic mass is 16.5. The predicted octanol–water partition coefficient (Wildman–Crippen LogP) is 2.83. The normalized spacial score (nSPS) is 10.4. The Labute approximate surface area is 100 Å². The number of fused-ring (bicyclic) bond motifs is 1. The maximum atomic E-state index is 11.4. The van der Waals surface area contributed by atoms with Crippen molar-refractivity contribution in [1.82, 2.24) is 4.98 Å². The van der Waals surface area contributed by atoms with Crippen LogP contribution in [0.25, 0.3) is 10.9 Å². The highest BCUT2D eigenvalue weighted by Gasteiger charge is 2.09. The van der Waals surface area contributed by atoms with Crippen molar-refractivity contribution >= 4 is 16.9 Å². The molecule has 3 heteroatoms. The van der Waals surface area contributed by atoms with Crippen molar-refractivity contribution in [2.24, 2.45) is 0 Å². The van der Waals surface area contributed by atoms with E-state index in [0.717, 1.165) is 16.6 Å². The van der Waals surface area contributed by atoms with Gasteiger partial charge in [0.15, 0.2) is 0 Å². The first-order valence-electron chi connectivity index (χ1n) is 5.62. The topological polar surface area (TPSA) is 42.1 Å². The van der Waals surface area contributed by atoms with E-state index in [0.29, 0.717) is 18.6 Å². The van der Waals surface area contributed by atoms with Crippen LogP contribution < -0.4 is 0 Å². The second kappa shape index (κ2) is 4.87. The number of benzene rings is 1. The molecule has 0 bridgehead atoms. The highest BCUT2D eigenvalue weighted by Crippen LogP contribution is 2.16. The summed E-state index contributed by atoms with van der Waals surface area (Å²) in [7, 11) is 0. The Morgan fingerprint density at radius 2 is 2.18 bits per heavy atom. The molecular formula is C14H15NO2. The maximum absolute atomic E-state index is 11.4. The van der Waals surface area contributed by atoms with Crippen molar-refractivity contribution in [3.8, 4) is 0 Å². The maximum Gasteiger partial charge on any atom is 0.333 e. The number of hydrogen-bond donors (Lipinski definition) is 1. The van der Waals surface area contributed by atoms with Crippen LogP contribution in [-0.4, -0.2) is 17.6 Å². The van der Waals surface area contributed by atoms with E-state index < -0.39 is 0 Å². The van der Waals surface area contributed by atoms with Crippen LogP contribution in [0.15, 0.2) is 42.5 Å². The molecule has 0 saturated carbocycles. The quantitative estimate of drug-likeness (QED) is 0.647. The van der Waals surface area contributed by atoms with Crippen LogP contribution in [-0.2, 0) is 16.0 Å². The molecule has 17 heavy (non-hydrogen) atoms. The fourth-order valence-electron chi connectivity index (χ4n) is 1.76. The predicted molar refractivity (Wildman–Crippen MR) is 67.8 cm³/mol. The van der Waals surface area contributed by atoms with Crippen LogP contribution in [0.2, 0.25) is 0 Å². The van der Waals surface area contributed by atoms with Crippen LogP contribution in [0.5, 0.6) is 0 Å². The number of esters is 1. The number of aromatic amines is 1. The van der Waals surface area contributed by atoms with E-state index in [2.05, 4.69) is 11.6 Å². The Morgan fingerprint density at radius 3 is 2.88 bits per heavy atom. The molecule has 0 aliphatic carbocycles. The first kappa shape index (κ1) is 11.5. The number of nitrogens with one attached hydrogen (secondary N) is 1. The number of hydrogen-bond acceptors (Lipinski definition) is 2. The van der Waals surface area contributed by atoms with E-state index in [1.807, 2.05) is 30.3 Å². The van der Waals surface area contributed by atoms with Crippen molar-refractivity contribution in [3.05, 3.63) is 48.2 Å². The van der Waals surface area contributed by atoms with Gasteiger partial charge in [0.05, 0.1) is 6.61 Å². The number of aromatic nitrogens is 1. The third kappa shape index (κ3) is 2.56. The zero-order chi connectivity index (χ0) is 12.3. The molecule has 2 aromatic rings. The van der Waals surface area contributed by atoms with Gasteiger partial charge in [0, 0.05) is 23.2 Å². The van der Waals surface area contributed by atoms with Gasteiger partial charge >= 0.3 is 5.97 Å². The second-order valence-corrected chi connectivity index (χ2v) is 3.88. The zero-order valence-corrected chi connectivity index (χ0v) is 9.82. The molecule has 0 aliphatic heterocycles. The van der Waals surface area contributed by atoms with Gasteiger partial charge in [-0.2, -0.15) is 0 Å². The van der Waals surface area contributed by atoms with Gasteiger partial charge in [0.1, 0.15) is 0 Å². The Bertz CT molecular complexity index is 521. The number of para-hydroxylation sites is 1. The third-order valence-electron chi connectivity index (χ3n) is 2.55. The summed E-state index contributed by atoms with van der Waals surface area (Å²) < 4.78 is 4.90. The molecule has 0 saturated heterocycles. The van der Waals surface area contributed by atoms with E-state index in [1.165, 1.54) is 0 Å². The van der Waals surface area contributed by atoms with Crippen LogP contribution in [0, 0.1) is 0 Å². The van der Waals surface area contributed by atoms with E-state index in [9.17, 15) is 4.79 Å². The minimum absolute atomic E-state index is 0.328. The minimum atomic E-state index is -0.328. The summed E-state index contributed by atoms with van der Waals surface area (Å²) in [4.78, 5) is 14.7. The Morgan fingerprint density at radius 1 is 1.41 bits per heavy atom. The van der Waals surface area contributed by atoms with Gasteiger partial charge in [-0.3, -0.25) is 0 Å². The summed E-state index contributed by atoms with van der Waals surface area (Å²) in [5.41, 5.74) is 2.52. The summed E-state index contributed by atoms with van der Waals surface area (Å²) in [6, 6.07) is 10.0. The van der Waals surface area contributed by atoms with Crippen LogP contribution in [0.3, 0.4) is 0 Å². The molecule has 0 radical (unpaired) electrons. The standard InChI is InChI=1S/C14H15NO2/c1-3-17-14(16)10(2)8-12-9-11-6-4-5-7-13(11)15-12/h4-7,9,15H,2-3,8H2,1H3. The zero-order valence-electron chi connectivity index (χ0n) is 9.82. The molecule has 0 spiro atoms. The minimum Gasteiger partial charge on any atom is -0.463 e. The van der Waals surface area contributed by atoms with Gasteiger partial charge in [0.25, 0.3) is 0 Å². The number of ether oxygens (including phenoxy) is 1. The number of carbonyl (C=O) groups excluding carboxylic acids is 1. The lowest BCUT2D eigenvalue weighted by molar-refractivity contribution is -0.138. The van der Waals surface area contributed by atoms with Crippen molar-refractivity contribution in [1.29, 1.82) is 0 Å². The number of H-pyrrole nitrogens is 1. The van der Waals surface area contributed by atoms with E-state index in [-0.39, 0.29) is 5.97 Å². The monoisotopic (exact) mass is 229 g/mol. The van der Waals surface area contributed by atoms with Crippen molar-refractivity contribution in [2.75, 3.05) is 6.61 Å². The lowest BCUT2D eigenvalue weighted by atomic mass is 10.1. The Kier molecular flexibility index (Phi) is 3.28. The van der Waals surface area contributed by atoms with Crippen molar-refractivity contribution in [2.45, 2.75) is 13.3 Å². The molecule has 0 amide bonds. The highest BCUT2D eigenvalue weighted by molar-refractivity contribution is 5.88. The molecule has 1 heterocycles. The second-order valence-electron chi connectivity index (χ2n) is 3.88. The van der Waals surface area contributed by atoms with Crippen molar-refractivity contribution in [3.63, 3.8) is 0 Å². The third-order valence-corrected chi connectivity index (χ3v) is 2.55. The van der Waals surface area contributed by atoms with Crippen LogP contribution >= 0.6 is 0 Å². The Hall–Kier alpha value is -2.03. The fourth-order valence-corrected chi connectivity index (χ4v) is 1.76. The average molecular weight is 229 g/mol. The molecule has 2 rings (SSSR count). The molecule has 1 aromatic carbocycles. The molecule has 1 N–H and O–H groups in total. The average Bonchev–Trinajstić information content (AvgIpc) is 2.71. The van der Waals surface area contributed by atoms with Gasteiger partial charge in [-0.05, 0) is 24.4 Å². The van der Waals surface area contributed by atoms with E-state index >= 15 is 0 Å². The molecule has 0 unspecified atom stereocenters. The summed E-state index contributed by atoms with van der Waals surface area (Å²) in [6.45, 7) is 5.91. The molecular weight excluding hydrogens is 214 g/mol. The molecule has 88 valence electrons. The summed E-state index contributed by atoms with van der Waals surface area (Å²) in [5, 5.41) is 1.14. The van der Waals surface area contributed by atoms with Gasteiger partial charge < -0.3 is 9.72 Å². The lowest BCUT2D eigenvalue weighted by Crippen LogP contribution is -2.08. The SMILES string of the molecule is C=C(Cc1cc2ccccc2[nH]1)C(=O)OCC. The van der Waals surface area contributed by atoms with Crippen LogP contribution in [0.1, 0.15) is 12.6 Å². The van der Waals surface area contributed by atoms with E-state index in [4.69, 9.17) is 4.74 Å². The van der Waals surface area contributed by atoms with Crippen LogP contribution in [0.4, 0.5) is 0 Å². The lowest BCUT2D eigenvalue weighted by Gasteiger charge is -2.03.